The topological polar surface area (TPSA) is 48.3 Å². The first kappa shape index (κ1) is 28.5. The summed E-state index contributed by atoms with van der Waals surface area (Å²) < 4.78 is 7.61. The van der Waals surface area contributed by atoms with Gasteiger partial charge in [0.25, 0.3) is 0 Å². The Bertz CT molecular complexity index is 700. The fourth-order valence-corrected chi connectivity index (χ4v) is 4.00. The van der Waals surface area contributed by atoms with Gasteiger partial charge in [-0.15, -0.1) is 0 Å². The van der Waals surface area contributed by atoms with Crippen LogP contribution in [0.1, 0.15) is 130 Å². The van der Waals surface area contributed by atoms with E-state index in [-0.39, 0.29) is 17.1 Å². The van der Waals surface area contributed by atoms with E-state index >= 15 is 0 Å². The summed E-state index contributed by atoms with van der Waals surface area (Å²) in [5.74, 6) is -0.154. The largest absolute Gasteiger partial charge is 0.420 e. The average Bonchev–Trinajstić information content (AvgIpc) is 2.75. The summed E-state index contributed by atoms with van der Waals surface area (Å²) in [7, 11) is 0. The van der Waals surface area contributed by atoms with Crippen molar-refractivity contribution in [1.29, 1.82) is 0 Å². The van der Waals surface area contributed by atoms with E-state index in [0.29, 0.717) is 6.42 Å². The van der Waals surface area contributed by atoms with Crippen molar-refractivity contribution < 1.29 is 9.53 Å². The molecule has 0 radical (unpaired) electrons. The summed E-state index contributed by atoms with van der Waals surface area (Å²) in [6, 6.07) is 1.52. The van der Waals surface area contributed by atoms with Crippen molar-refractivity contribution in [3.05, 3.63) is 28.2 Å². The monoisotopic (exact) mass is 447 g/mol. The van der Waals surface area contributed by atoms with Gasteiger partial charge in [0.05, 0.1) is 11.1 Å². The van der Waals surface area contributed by atoms with Crippen LogP contribution in [0.15, 0.2) is 17.1 Å². The Hall–Kier alpha value is -1.58. The van der Waals surface area contributed by atoms with E-state index in [2.05, 4.69) is 11.5 Å². The predicted molar refractivity (Wildman–Crippen MR) is 135 cm³/mol. The molecule has 32 heavy (non-hydrogen) atoms. The van der Waals surface area contributed by atoms with Gasteiger partial charge in [0.2, 0.25) is 5.43 Å². The van der Waals surface area contributed by atoms with E-state index in [0.717, 1.165) is 18.7 Å². The van der Waals surface area contributed by atoms with Crippen LogP contribution in [-0.4, -0.2) is 10.5 Å². The summed E-state index contributed by atoms with van der Waals surface area (Å²) in [6.45, 7) is 10.5. The average molecular weight is 448 g/mol. The summed E-state index contributed by atoms with van der Waals surface area (Å²) in [4.78, 5) is 24.6. The van der Waals surface area contributed by atoms with Gasteiger partial charge in [-0.25, -0.2) is 0 Å². The molecular formula is C28H49NO3. The molecule has 0 aromatic carbocycles. The first-order valence-electron chi connectivity index (χ1n) is 13.3. The molecule has 0 aliphatic rings. The number of rotatable bonds is 17. The smallest absolute Gasteiger partial charge is 0.316 e. The van der Waals surface area contributed by atoms with Gasteiger partial charge in [-0.2, -0.15) is 0 Å². The first-order chi connectivity index (χ1) is 15.3. The van der Waals surface area contributed by atoms with E-state index in [1.807, 2.05) is 13.1 Å². The van der Waals surface area contributed by atoms with Gasteiger partial charge >= 0.3 is 5.97 Å². The van der Waals surface area contributed by atoms with Crippen LogP contribution in [0.5, 0.6) is 5.75 Å². The SMILES string of the molecule is CCCCCCCCCCCCCCCCn1ccc(=O)c(OC(=O)C(C)(C)C)c1CC. The summed E-state index contributed by atoms with van der Waals surface area (Å²) >= 11 is 0. The predicted octanol–water partition coefficient (Wildman–Crippen LogP) is 7.84. The van der Waals surface area contributed by atoms with Gasteiger partial charge in [-0.1, -0.05) is 97.3 Å². The molecule has 0 fully saturated rings. The molecule has 1 rings (SSSR count). The summed E-state index contributed by atoms with van der Waals surface area (Å²) in [5.41, 5.74) is -0.0197. The number of aryl methyl sites for hydroxylation is 1. The molecule has 0 aliphatic carbocycles. The maximum absolute atomic E-state index is 12.3. The molecule has 1 heterocycles. The number of unbranched alkanes of at least 4 members (excludes halogenated alkanes) is 13. The molecule has 0 N–H and O–H groups in total. The lowest BCUT2D eigenvalue weighted by molar-refractivity contribution is -0.143. The number of carbonyl (C=O) groups is 1. The van der Waals surface area contributed by atoms with Gasteiger partial charge in [-0.05, 0) is 33.6 Å². The zero-order valence-electron chi connectivity index (χ0n) is 21.6. The molecule has 1 aromatic rings. The maximum Gasteiger partial charge on any atom is 0.316 e. The molecule has 0 atom stereocenters. The fraction of sp³-hybridized carbons (Fsp3) is 0.786. The van der Waals surface area contributed by atoms with Crippen molar-refractivity contribution in [2.75, 3.05) is 0 Å². The molecule has 0 amide bonds. The Kier molecular flexibility index (Phi) is 14.3. The summed E-state index contributed by atoms with van der Waals surface area (Å²) in [6.07, 6.45) is 21.3. The second kappa shape index (κ2) is 16.1. The Morgan fingerprint density at radius 1 is 0.812 bits per heavy atom. The van der Waals surface area contributed by atoms with Crippen LogP contribution in [0.4, 0.5) is 0 Å². The second-order valence-electron chi connectivity index (χ2n) is 10.2. The van der Waals surface area contributed by atoms with E-state index in [1.54, 1.807) is 20.8 Å². The molecule has 1 aromatic heterocycles. The third-order valence-electron chi connectivity index (χ3n) is 6.13. The minimum Gasteiger partial charge on any atom is -0.420 e. The molecule has 0 bridgehead atoms. The molecular weight excluding hydrogens is 398 g/mol. The van der Waals surface area contributed by atoms with E-state index in [4.69, 9.17) is 4.74 Å². The first-order valence-corrected chi connectivity index (χ1v) is 13.3. The maximum atomic E-state index is 12.3. The number of nitrogens with zero attached hydrogens (tertiary/aromatic N) is 1. The molecule has 4 heteroatoms. The van der Waals surface area contributed by atoms with Crippen molar-refractivity contribution in [2.24, 2.45) is 5.41 Å². The minimum absolute atomic E-state index is 0.209. The minimum atomic E-state index is -0.632. The van der Waals surface area contributed by atoms with Crippen LogP contribution in [0.3, 0.4) is 0 Å². The van der Waals surface area contributed by atoms with Crippen LogP contribution in [0.25, 0.3) is 0 Å². The highest BCUT2D eigenvalue weighted by Gasteiger charge is 2.26. The molecule has 4 nitrogen and oxygen atoms in total. The van der Waals surface area contributed by atoms with Crippen LogP contribution < -0.4 is 10.2 Å². The Balaban J connectivity index is 2.27. The summed E-state index contributed by atoms with van der Waals surface area (Å²) in [5, 5.41) is 0. The third-order valence-corrected chi connectivity index (χ3v) is 6.13. The van der Waals surface area contributed by atoms with Crippen molar-refractivity contribution in [3.8, 4) is 5.75 Å². The Morgan fingerprint density at radius 2 is 1.28 bits per heavy atom. The number of carbonyl (C=O) groups excluding carboxylic acids is 1. The lowest BCUT2D eigenvalue weighted by Gasteiger charge is -2.20. The van der Waals surface area contributed by atoms with Crippen LogP contribution in [0, 0.1) is 5.41 Å². The normalized spacial score (nSPS) is 11.7. The second-order valence-corrected chi connectivity index (χ2v) is 10.2. The molecule has 0 aliphatic heterocycles. The zero-order chi connectivity index (χ0) is 23.8. The van der Waals surface area contributed by atoms with Crippen molar-refractivity contribution in [1.82, 2.24) is 4.57 Å². The Morgan fingerprint density at radius 3 is 1.72 bits per heavy atom. The van der Waals surface area contributed by atoms with Gasteiger partial charge in [0.1, 0.15) is 0 Å². The van der Waals surface area contributed by atoms with Gasteiger partial charge in [0, 0.05) is 18.8 Å². The van der Waals surface area contributed by atoms with Crippen molar-refractivity contribution in [2.45, 2.75) is 137 Å². The van der Waals surface area contributed by atoms with Crippen LogP contribution in [-0.2, 0) is 17.8 Å². The van der Waals surface area contributed by atoms with E-state index in [9.17, 15) is 9.59 Å². The highest BCUT2D eigenvalue weighted by Crippen LogP contribution is 2.21. The van der Waals surface area contributed by atoms with Crippen molar-refractivity contribution in [3.63, 3.8) is 0 Å². The highest BCUT2D eigenvalue weighted by atomic mass is 16.5. The Labute approximate surface area is 197 Å². The number of hydrogen-bond acceptors (Lipinski definition) is 3. The van der Waals surface area contributed by atoms with Gasteiger partial charge in [-0.3, -0.25) is 9.59 Å². The fourth-order valence-electron chi connectivity index (χ4n) is 4.00. The zero-order valence-corrected chi connectivity index (χ0v) is 21.6. The molecule has 0 unspecified atom stereocenters. The van der Waals surface area contributed by atoms with Crippen LogP contribution >= 0.6 is 0 Å². The number of esters is 1. The molecule has 184 valence electrons. The number of hydrogen-bond donors (Lipinski definition) is 0. The van der Waals surface area contributed by atoms with Crippen LogP contribution in [0.2, 0.25) is 0 Å². The standard InChI is InChI=1S/C28H49NO3/c1-6-8-9-10-11-12-13-14-15-16-17-18-19-20-22-29-23-21-25(30)26(24(29)7-2)32-27(31)28(3,4)5/h21,23H,6-20,22H2,1-5H3. The number of ether oxygens (including phenoxy) is 1. The molecule has 0 saturated heterocycles. The lowest BCUT2D eigenvalue weighted by atomic mass is 9.97. The van der Waals surface area contributed by atoms with E-state index in [1.165, 1.54) is 89.5 Å². The highest BCUT2D eigenvalue weighted by molar-refractivity contribution is 5.78. The quantitative estimate of drug-likeness (QED) is 0.180. The molecule has 0 spiro atoms. The van der Waals surface area contributed by atoms with Gasteiger partial charge < -0.3 is 9.30 Å². The van der Waals surface area contributed by atoms with Gasteiger partial charge in [0.15, 0.2) is 5.75 Å². The molecule has 0 saturated carbocycles. The van der Waals surface area contributed by atoms with E-state index < -0.39 is 5.41 Å². The lowest BCUT2D eigenvalue weighted by Crippen LogP contribution is -2.29. The van der Waals surface area contributed by atoms with Crippen molar-refractivity contribution >= 4 is 5.97 Å². The number of pyridine rings is 1. The number of aromatic nitrogens is 1. The third kappa shape index (κ3) is 11.3.